The number of benzene rings is 2. The van der Waals surface area contributed by atoms with Gasteiger partial charge in [0.05, 0.1) is 0 Å². The summed E-state index contributed by atoms with van der Waals surface area (Å²) in [5.74, 6) is -0.0394. The number of rotatable bonds is 4. The largest absolute Gasteiger partial charge is 0.573 e. The third kappa shape index (κ3) is 4.23. The number of amides is 1. The molecule has 0 spiro atoms. The van der Waals surface area contributed by atoms with Crippen molar-refractivity contribution in [1.82, 2.24) is 10.1 Å². The smallest absolute Gasteiger partial charge is 0.406 e. The van der Waals surface area contributed by atoms with Crippen LogP contribution in [-0.4, -0.2) is 29.0 Å². The zero-order valence-electron chi connectivity index (χ0n) is 15.3. The zero-order valence-corrected chi connectivity index (χ0v) is 15.3. The number of halogens is 3. The maximum atomic E-state index is 12.4. The Hall–Kier alpha value is -3.36. The predicted octanol–water partition coefficient (Wildman–Crippen LogP) is 4.46. The molecule has 1 unspecified atom stereocenters. The average molecular weight is 403 g/mol. The molecule has 1 amide bonds. The first kappa shape index (κ1) is 19.0. The Morgan fingerprint density at radius 3 is 2.45 bits per heavy atom. The molecule has 1 aromatic heterocycles. The van der Waals surface area contributed by atoms with E-state index in [1.807, 2.05) is 31.2 Å². The molecule has 0 N–H and O–H groups in total. The molecule has 1 atom stereocenters. The van der Waals surface area contributed by atoms with Crippen molar-refractivity contribution in [3.8, 4) is 17.2 Å². The molecule has 0 aliphatic carbocycles. The van der Waals surface area contributed by atoms with Gasteiger partial charge in [-0.25, -0.2) is 0 Å². The van der Waals surface area contributed by atoms with Crippen LogP contribution in [-0.2, 0) is 4.79 Å². The summed E-state index contributed by atoms with van der Waals surface area (Å²) < 4.78 is 45.8. The van der Waals surface area contributed by atoms with E-state index in [1.54, 1.807) is 4.90 Å². The molecule has 1 saturated heterocycles. The summed E-state index contributed by atoms with van der Waals surface area (Å²) in [6.07, 6.45) is -4.50. The molecule has 1 fully saturated rings. The summed E-state index contributed by atoms with van der Waals surface area (Å²) in [6, 6.07) is 12.8. The Labute approximate surface area is 163 Å². The van der Waals surface area contributed by atoms with Gasteiger partial charge in [0, 0.05) is 30.1 Å². The predicted molar refractivity (Wildman–Crippen MR) is 97.3 cm³/mol. The van der Waals surface area contributed by atoms with Crippen LogP contribution in [0.25, 0.3) is 11.5 Å². The van der Waals surface area contributed by atoms with Crippen molar-refractivity contribution >= 4 is 11.6 Å². The Balaban J connectivity index is 1.48. The number of nitrogens with zero attached hydrogens (tertiary/aromatic N) is 3. The van der Waals surface area contributed by atoms with Gasteiger partial charge in [-0.05, 0) is 43.3 Å². The molecule has 3 aromatic rings. The molecule has 0 bridgehead atoms. The van der Waals surface area contributed by atoms with Gasteiger partial charge in [0.25, 0.3) is 5.89 Å². The number of ether oxygens (including phenoxy) is 1. The SMILES string of the molecule is Cc1ccc(N2CC(c3noc(-c4ccc(OC(F)(F)F)cc4)n3)CC2=O)cc1. The first-order chi connectivity index (χ1) is 13.8. The normalized spacial score (nSPS) is 17.0. The maximum Gasteiger partial charge on any atom is 0.573 e. The van der Waals surface area contributed by atoms with Gasteiger partial charge in [0.2, 0.25) is 5.91 Å². The molecule has 0 saturated carbocycles. The van der Waals surface area contributed by atoms with Crippen LogP contribution in [0.4, 0.5) is 18.9 Å². The molecule has 150 valence electrons. The van der Waals surface area contributed by atoms with E-state index in [0.29, 0.717) is 17.9 Å². The lowest BCUT2D eigenvalue weighted by Gasteiger charge is -2.16. The minimum atomic E-state index is -4.75. The lowest BCUT2D eigenvalue weighted by molar-refractivity contribution is -0.274. The number of hydrogen-bond donors (Lipinski definition) is 0. The minimum Gasteiger partial charge on any atom is -0.406 e. The highest BCUT2D eigenvalue weighted by Gasteiger charge is 2.35. The Morgan fingerprint density at radius 1 is 1.10 bits per heavy atom. The monoisotopic (exact) mass is 403 g/mol. The van der Waals surface area contributed by atoms with Crippen molar-refractivity contribution in [3.63, 3.8) is 0 Å². The molecule has 4 rings (SSSR count). The van der Waals surface area contributed by atoms with Crippen LogP contribution < -0.4 is 9.64 Å². The van der Waals surface area contributed by atoms with Crippen molar-refractivity contribution in [2.45, 2.75) is 25.6 Å². The fourth-order valence-electron chi connectivity index (χ4n) is 3.17. The Kier molecular flexibility index (Phi) is 4.73. The molecule has 29 heavy (non-hydrogen) atoms. The topological polar surface area (TPSA) is 68.5 Å². The van der Waals surface area contributed by atoms with E-state index in [1.165, 1.54) is 24.3 Å². The van der Waals surface area contributed by atoms with Crippen LogP contribution in [0.2, 0.25) is 0 Å². The van der Waals surface area contributed by atoms with E-state index < -0.39 is 6.36 Å². The number of alkyl halides is 3. The van der Waals surface area contributed by atoms with Gasteiger partial charge in [-0.3, -0.25) is 4.79 Å². The van der Waals surface area contributed by atoms with E-state index in [9.17, 15) is 18.0 Å². The highest BCUT2D eigenvalue weighted by Crippen LogP contribution is 2.32. The maximum absolute atomic E-state index is 12.4. The van der Waals surface area contributed by atoms with Crippen LogP contribution in [0, 0.1) is 6.92 Å². The second-order valence-electron chi connectivity index (χ2n) is 6.77. The summed E-state index contributed by atoms with van der Waals surface area (Å²) in [5.41, 5.74) is 2.37. The summed E-state index contributed by atoms with van der Waals surface area (Å²) in [4.78, 5) is 18.4. The van der Waals surface area contributed by atoms with Gasteiger partial charge in [0.1, 0.15) is 5.75 Å². The third-order valence-corrected chi connectivity index (χ3v) is 4.61. The van der Waals surface area contributed by atoms with Crippen LogP contribution >= 0.6 is 0 Å². The van der Waals surface area contributed by atoms with Crippen molar-refractivity contribution in [3.05, 3.63) is 59.9 Å². The Morgan fingerprint density at radius 2 is 1.79 bits per heavy atom. The van der Waals surface area contributed by atoms with Crippen molar-refractivity contribution in [2.24, 2.45) is 0 Å². The summed E-state index contributed by atoms with van der Waals surface area (Å²) in [5, 5.41) is 3.96. The fraction of sp³-hybridized carbons (Fsp3) is 0.250. The van der Waals surface area contributed by atoms with E-state index >= 15 is 0 Å². The third-order valence-electron chi connectivity index (χ3n) is 4.61. The van der Waals surface area contributed by atoms with Gasteiger partial charge >= 0.3 is 6.36 Å². The van der Waals surface area contributed by atoms with Crippen molar-refractivity contribution in [2.75, 3.05) is 11.4 Å². The molecule has 1 aliphatic heterocycles. The van der Waals surface area contributed by atoms with Gasteiger partial charge in [-0.1, -0.05) is 22.9 Å². The fourth-order valence-corrected chi connectivity index (χ4v) is 3.17. The van der Waals surface area contributed by atoms with Gasteiger partial charge in [0.15, 0.2) is 5.82 Å². The van der Waals surface area contributed by atoms with Gasteiger partial charge in [-0.15, -0.1) is 13.2 Å². The number of aryl methyl sites for hydroxylation is 1. The van der Waals surface area contributed by atoms with E-state index in [4.69, 9.17) is 4.52 Å². The van der Waals surface area contributed by atoms with Crippen molar-refractivity contribution in [1.29, 1.82) is 0 Å². The number of anilines is 1. The first-order valence-electron chi connectivity index (χ1n) is 8.85. The highest BCUT2D eigenvalue weighted by molar-refractivity contribution is 5.96. The van der Waals surface area contributed by atoms with E-state index in [0.717, 1.165) is 11.3 Å². The van der Waals surface area contributed by atoms with Crippen LogP contribution in [0.3, 0.4) is 0 Å². The molecule has 2 aromatic carbocycles. The first-order valence-corrected chi connectivity index (χ1v) is 8.85. The van der Waals surface area contributed by atoms with E-state index in [-0.39, 0.29) is 29.9 Å². The summed E-state index contributed by atoms with van der Waals surface area (Å²) in [7, 11) is 0. The van der Waals surface area contributed by atoms with Crippen LogP contribution in [0.15, 0.2) is 53.1 Å². The molecule has 2 heterocycles. The van der Waals surface area contributed by atoms with Gasteiger partial charge < -0.3 is 14.2 Å². The molecule has 0 radical (unpaired) electrons. The molecular weight excluding hydrogens is 387 g/mol. The van der Waals surface area contributed by atoms with Gasteiger partial charge in [-0.2, -0.15) is 4.98 Å². The lowest BCUT2D eigenvalue weighted by atomic mass is 10.1. The van der Waals surface area contributed by atoms with Crippen molar-refractivity contribution < 1.29 is 27.2 Å². The Bertz CT molecular complexity index is 1010. The van der Waals surface area contributed by atoms with Crippen LogP contribution in [0.1, 0.15) is 23.7 Å². The quantitative estimate of drug-likeness (QED) is 0.643. The standard InChI is InChI=1S/C20H16F3N3O3/c1-12-2-6-15(7-3-12)26-11-14(10-17(26)27)18-24-19(29-25-18)13-4-8-16(9-5-13)28-20(21,22)23/h2-9,14H,10-11H2,1H3. The highest BCUT2D eigenvalue weighted by atomic mass is 19.4. The second kappa shape index (κ2) is 7.23. The zero-order chi connectivity index (χ0) is 20.6. The number of carbonyl (C=O) groups excluding carboxylic acids is 1. The van der Waals surface area contributed by atoms with E-state index in [2.05, 4.69) is 14.9 Å². The lowest BCUT2D eigenvalue weighted by Crippen LogP contribution is -2.24. The second-order valence-corrected chi connectivity index (χ2v) is 6.77. The number of hydrogen-bond acceptors (Lipinski definition) is 5. The molecule has 1 aliphatic rings. The summed E-state index contributed by atoms with van der Waals surface area (Å²) in [6.45, 7) is 2.40. The minimum absolute atomic E-state index is 0.0288. The molecule has 9 heteroatoms. The summed E-state index contributed by atoms with van der Waals surface area (Å²) >= 11 is 0. The molecular formula is C20H16F3N3O3. The number of aromatic nitrogens is 2. The average Bonchev–Trinajstić information content (AvgIpc) is 3.29. The number of carbonyl (C=O) groups is 1. The van der Waals surface area contributed by atoms with Crippen LogP contribution in [0.5, 0.6) is 5.75 Å². The molecule has 6 nitrogen and oxygen atoms in total.